The minimum absolute atomic E-state index is 0.117. The van der Waals surface area contributed by atoms with Crippen LogP contribution in [-0.4, -0.2) is 25.7 Å². The molecular weight excluding hydrogens is 320 g/mol. The van der Waals surface area contributed by atoms with Crippen molar-refractivity contribution in [1.82, 2.24) is 10.6 Å². The van der Waals surface area contributed by atoms with Crippen LogP contribution in [0.1, 0.15) is 31.2 Å². The summed E-state index contributed by atoms with van der Waals surface area (Å²) in [6, 6.07) is 11.7. The van der Waals surface area contributed by atoms with Crippen molar-refractivity contribution in [2.24, 2.45) is 0 Å². The zero-order valence-electron chi connectivity index (χ0n) is 13.8. The van der Waals surface area contributed by atoms with Gasteiger partial charge in [-0.3, -0.25) is 0 Å². The van der Waals surface area contributed by atoms with Crippen LogP contribution in [0.25, 0.3) is 0 Å². The molecule has 128 valence electrons. The Kier molecular flexibility index (Phi) is 5.75. The molecule has 24 heavy (non-hydrogen) atoms. The maximum atomic E-state index is 12.0. The fourth-order valence-electron chi connectivity index (χ4n) is 3.35. The largest absolute Gasteiger partial charge is 0.492 e. The van der Waals surface area contributed by atoms with E-state index in [9.17, 15) is 4.79 Å². The minimum atomic E-state index is -0.117. The molecule has 3 rings (SSSR count). The molecule has 0 saturated heterocycles. The van der Waals surface area contributed by atoms with E-state index in [0.29, 0.717) is 19.7 Å². The summed E-state index contributed by atoms with van der Waals surface area (Å²) in [6.07, 6.45) is 4.79. The molecular formula is C19H24N2O2S. The smallest absolute Gasteiger partial charge is 0.314 e. The molecule has 1 aromatic carbocycles. The molecule has 1 heterocycles. The van der Waals surface area contributed by atoms with E-state index in [-0.39, 0.29) is 11.4 Å². The van der Waals surface area contributed by atoms with Crippen LogP contribution in [0.15, 0.2) is 47.2 Å². The Hall–Kier alpha value is -2.01. The summed E-state index contributed by atoms with van der Waals surface area (Å²) in [5.41, 5.74) is 1.50. The third-order valence-electron chi connectivity index (χ3n) is 4.68. The average Bonchev–Trinajstić information content (AvgIpc) is 3.30. The lowest BCUT2D eigenvalue weighted by Gasteiger charge is -2.28. The number of benzene rings is 1. The monoisotopic (exact) mass is 344 g/mol. The summed E-state index contributed by atoms with van der Waals surface area (Å²) in [5.74, 6) is 0.821. The van der Waals surface area contributed by atoms with Gasteiger partial charge in [0.15, 0.2) is 0 Å². The fraction of sp³-hybridized carbons (Fsp3) is 0.421. The van der Waals surface area contributed by atoms with Crippen LogP contribution in [0, 0.1) is 0 Å². The van der Waals surface area contributed by atoms with Crippen LogP contribution < -0.4 is 15.4 Å². The summed E-state index contributed by atoms with van der Waals surface area (Å²) >= 11 is 1.73. The Morgan fingerprint density at radius 2 is 1.92 bits per heavy atom. The van der Waals surface area contributed by atoms with Crippen LogP contribution in [0.5, 0.6) is 5.75 Å². The van der Waals surface area contributed by atoms with Crippen molar-refractivity contribution >= 4 is 17.4 Å². The van der Waals surface area contributed by atoms with Gasteiger partial charge in [0.05, 0.1) is 6.54 Å². The van der Waals surface area contributed by atoms with Crippen molar-refractivity contribution in [3.8, 4) is 5.75 Å². The summed E-state index contributed by atoms with van der Waals surface area (Å²) in [7, 11) is 0. The molecule has 4 nitrogen and oxygen atoms in total. The molecule has 2 aromatic rings. The topological polar surface area (TPSA) is 50.4 Å². The van der Waals surface area contributed by atoms with Crippen LogP contribution in [0.2, 0.25) is 0 Å². The second kappa shape index (κ2) is 8.20. The number of rotatable bonds is 7. The molecule has 0 radical (unpaired) electrons. The highest BCUT2D eigenvalue weighted by Gasteiger charge is 2.36. The van der Waals surface area contributed by atoms with Gasteiger partial charge in [-0.1, -0.05) is 31.0 Å². The zero-order valence-corrected chi connectivity index (χ0v) is 14.6. The molecule has 0 unspecified atom stereocenters. The molecule has 1 aromatic heterocycles. The molecule has 5 heteroatoms. The number of nitrogens with one attached hydrogen (secondary N) is 2. The van der Waals surface area contributed by atoms with E-state index < -0.39 is 0 Å². The van der Waals surface area contributed by atoms with E-state index in [1.54, 1.807) is 11.3 Å². The summed E-state index contributed by atoms with van der Waals surface area (Å²) < 4.78 is 5.57. The predicted octanol–water partition coefficient (Wildman–Crippen LogP) is 3.94. The number of hydrogen-bond donors (Lipinski definition) is 2. The number of amides is 2. The molecule has 2 N–H and O–H groups in total. The van der Waals surface area contributed by atoms with E-state index >= 15 is 0 Å². The molecule has 1 saturated carbocycles. The quantitative estimate of drug-likeness (QED) is 0.748. The molecule has 0 spiro atoms. The van der Waals surface area contributed by atoms with Gasteiger partial charge in [0, 0.05) is 12.0 Å². The number of carbonyl (C=O) groups is 1. The third-order valence-corrected chi connectivity index (χ3v) is 5.36. The SMILES string of the molecule is O=C(NCCOc1ccccc1)NCC1(c2ccsc2)CCCC1. The zero-order chi connectivity index (χ0) is 16.7. The van der Waals surface area contributed by atoms with Gasteiger partial charge in [0.25, 0.3) is 0 Å². The first-order valence-corrected chi connectivity index (χ1v) is 9.45. The van der Waals surface area contributed by atoms with Gasteiger partial charge < -0.3 is 15.4 Å². The molecule has 0 atom stereocenters. The fourth-order valence-corrected chi connectivity index (χ4v) is 4.13. The highest BCUT2D eigenvalue weighted by molar-refractivity contribution is 7.08. The Morgan fingerprint density at radius 3 is 2.62 bits per heavy atom. The maximum absolute atomic E-state index is 12.0. The van der Waals surface area contributed by atoms with E-state index in [1.807, 2.05) is 30.3 Å². The van der Waals surface area contributed by atoms with Crippen molar-refractivity contribution in [2.45, 2.75) is 31.1 Å². The predicted molar refractivity (Wildman–Crippen MR) is 97.8 cm³/mol. The lowest BCUT2D eigenvalue weighted by molar-refractivity contribution is 0.233. The first kappa shape index (κ1) is 16.8. The number of para-hydroxylation sites is 1. The van der Waals surface area contributed by atoms with Gasteiger partial charge in [-0.15, -0.1) is 0 Å². The van der Waals surface area contributed by atoms with Crippen LogP contribution in [-0.2, 0) is 5.41 Å². The van der Waals surface area contributed by atoms with E-state index in [2.05, 4.69) is 27.5 Å². The maximum Gasteiger partial charge on any atom is 0.314 e. The van der Waals surface area contributed by atoms with Crippen molar-refractivity contribution in [3.63, 3.8) is 0 Å². The molecule has 1 aliphatic carbocycles. The second-order valence-electron chi connectivity index (χ2n) is 6.27. The Morgan fingerprint density at radius 1 is 1.12 bits per heavy atom. The van der Waals surface area contributed by atoms with Crippen molar-refractivity contribution in [1.29, 1.82) is 0 Å². The highest BCUT2D eigenvalue weighted by Crippen LogP contribution is 2.41. The van der Waals surface area contributed by atoms with Gasteiger partial charge in [-0.2, -0.15) is 11.3 Å². The lowest BCUT2D eigenvalue weighted by atomic mass is 9.80. The van der Waals surface area contributed by atoms with Crippen molar-refractivity contribution < 1.29 is 9.53 Å². The number of carbonyl (C=O) groups excluding carboxylic acids is 1. The van der Waals surface area contributed by atoms with Crippen LogP contribution >= 0.6 is 11.3 Å². The Balaban J connectivity index is 1.40. The molecule has 1 fully saturated rings. The van der Waals surface area contributed by atoms with Gasteiger partial charge in [-0.25, -0.2) is 4.79 Å². The first-order valence-electron chi connectivity index (χ1n) is 8.51. The third kappa shape index (κ3) is 4.29. The normalized spacial score (nSPS) is 15.8. The first-order chi connectivity index (χ1) is 11.8. The molecule has 1 aliphatic rings. The van der Waals surface area contributed by atoms with E-state index in [1.165, 1.54) is 18.4 Å². The Labute approximate surface area is 147 Å². The second-order valence-corrected chi connectivity index (χ2v) is 7.05. The summed E-state index contributed by atoms with van der Waals surface area (Å²) in [6.45, 7) is 1.66. The highest BCUT2D eigenvalue weighted by atomic mass is 32.1. The van der Waals surface area contributed by atoms with Gasteiger partial charge in [-0.05, 0) is 47.4 Å². The number of hydrogen-bond acceptors (Lipinski definition) is 3. The van der Waals surface area contributed by atoms with Crippen LogP contribution in [0.4, 0.5) is 4.79 Å². The molecule has 0 bridgehead atoms. The average molecular weight is 344 g/mol. The standard InChI is InChI=1S/C19H24N2O2S/c22-18(20-11-12-23-17-6-2-1-3-7-17)21-15-19(9-4-5-10-19)16-8-13-24-14-16/h1-3,6-8,13-14H,4-5,9-12,15H2,(H2,20,21,22). The molecule has 0 aliphatic heterocycles. The Bertz CT molecular complexity index is 622. The number of urea groups is 1. The van der Waals surface area contributed by atoms with Gasteiger partial charge >= 0.3 is 6.03 Å². The van der Waals surface area contributed by atoms with E-state index in [0.717, 1.165) is 18.6 Å². The minimum Gasteiger partial charge on any atom is -0.492 e. The van der Waals surface area contributed by atoms with Crippen molar-refractivity contribution in [2.75, 3.05) is 19.7 Å². The van der Waals surface area contributed by atoms with E-state index in [4.69, 9.17) is 4.74 Å². The number of ether oxygens (including phenoxy) is 1. The summed E-state index contributed by atoms with van der Waals surface area (Å²) in [5, 5.41) is 10.3. The van der Waals surface area contributed by atoms with Gasteiger partial charge in [0.2, 0.25) is 0 Å². The molecule has 2 amide bonds. The van der Waals surface area contributed by atoms with Crippen LogP contribution in [0.3, 0.4) is 0 Å². The summed E-state index contributed by atoms with van der Waals surface area (Å²) in [4.78, 5) is 12.0. The van der Waals surface area contributed by atoms with Crippen molar-refractivity contribution in [3.05, 3.63) is 52.7 Å². The number of thiophene rings is 1. The van der Waals surface area contributed by atoms with Gasteiger partial charge in [0.1, 0.15) is 12.4 Å². The lowest BCUT2D eigenvalue weighted by Crippen LogP contribution is -2.44.